The number of hydrazine groups is 1. The van der Waals surface area contributed by atoms with Crippen LogP contribution in [0.3, 0.4) is 0 Å². The highest BCUT2D eigenvalue weighted by Crippen LogP contribution is 2.19. The number of Topliss-reactive ketones (excluding diaryl/α,β-unsaturated/α-hetero) is 1. The van der Waals surface area contributed by atoms with Crippen molar-refractivity contribution in [2.45, 2.75) is 6.42 Å². The number of ether oxygens (including phenoxy) is 1. The summed E-state index contributed by atoms with van der Waals surface area (Å²) in [6.45, 7) is -0.543. The number of carbonyl (C=O) groups excluding carboxylic acids is 4. The second-order valence-corrected chi connectivity index (χ2v) is 6.55. The topological polar surface area (TPSA) is 136 Å². The quantitative estimate of drug-likeness (QED) is 0.316. The summed E-state index contributed by atoms with van der Waals surface area (Å²) in [6, 6.07) is 13.2. The third-order valence-electron chi connectivity index (χ3n) is 4.48. The molecule has 1 unspecified atom stereocenters. The zero-order valence-corrected chi connectivity index (χ0v) is 15.6. The van der Waals surface area contributed by atoms with Crippen molar-refractivity contribution in [3.05, 3.63) is 75.8 Å². The predicted octanol–water partition coefficient (Wildman–Crippen LogP) is 1.51. The lowest BCUT2D eigenvalue weighted by atomic mass is 10.1. The Hall–Kier alpha value is -4.08. The number of amides is 2. The van der Waals surface area contributed by atoms with Gasteiger partial charge in [0.2, 0.25) is 5.91 Å². The van der Waals surface area contributed by atoms with E-state index < -0.39 is 35.2 Å². The maximum Gasteiger partial charge on any atom is 0.311 e. The van der Waals surface area contributed by atoms with E-state index in [-0.39, 0.29) is 30.0 Å². The summed E-state index contributed by atoms with van der Waals surface area (Å²) in [5, 5.41) is 11.7. The Bertz CT molecular complexity index is 989. The molecule has 0 radical (unpaired) electrons. The fourth-order valence-corrected chi connectivity index (χ4v) is 2.86. The molecule has 2 aromatic carbocycles. The minimum atomic E-state index is -0.821. The summed E-state index contributed by atoms with van der Waals surface area (Å²) in [4.78, 5) is 58.6. The number of nitrogens with zero attached hydrogens (tertiary/aromatic N) is 2. The van der Waals surface area contributed by atoms with Crippen molar-refractivity contribution < 1.29 is 28.8 Å². The normalized spacial score (nSPS) is 15.5. The molecule has 1 aliphatic heterocycles. The number of benzene rings is 2. The molecule has 1 heterocycles. The van der Waals surface area contributed by atoms with Crippen molar-refractivity contribution in [3.63, 3.8) is 0 Å². The summed E-state index contributed by atoms with van der Waals surface area (Å²) in [6.07, 6.45) is -0.168. The van der Waals surface area contributed by atoms with Gasteiger partial charge in [-0.2, -0.15) is 0 Å². The molecular weight excluding hydrogens is 394 g/mol. The maximum absolute atomic E-state index is 12.2. The Balaban J connectivity index is 1.52. The zero-order valence-electron chi connectivity index (χ0n) is 15.6. The summed E-state index contributed by atoms with van der Waals surface area (Å²) in [5.41, 5.74) is 2.73. The van der Waals surface area contributed by atoms with Gasteiger partial charge in [-0.1, -0.05) is 30.3 Å². The first-order chi connectivity index (χ1) is 14.3. The molecule has 1 fully saturated rings. The molecule has 0 saturated carbocycles. The van der Waals surface area contributed by atoms with Crippen LogP contribution >= 0.6 is 0 Å². The third kappa shape index (κ3) is 4.85. The zero-order chi connectivity index (χ0) is 21.7. The minimum absolute atomic E-state index is 0.101. The number of esters is 1. The van der Waals surface area contributed by atoms with Gasteiger partial charge in [-0.3, -0.25) is 39.7 Å². The predicted molar refractivity (Wildman–Crippen MR) is 102 cm³/mol. The fraction of sp³-hybridized carbons (Fsp3) is 0.200. The summed E-state index contributed by atoms with van der Waals surface area (Å²) in [7, 11) is 0. The van der Waals surface area contributed by atoms with Crippen LogP contribution in [-0.2, 0) is 14.3 Å². The van der Waals surface area contributed by atoms with Crippen molar-refractivity contribution in [2.24, 2.45) is 5.92 Å². The molecule has 3 rings (SSSR count). The molecule has 1 atom stereocenters. The van der Waals surface area contributed by atoms with Gasteiger partial charge in [-0.25, -0.2) is 0 Å². The van der Waals surface area contributed by atoms with E-state index in [9.17, 15) is 29.3 Å². The standard InChI is InChI=1S/C20H17N3O7/c24-17(13-4-2-1-3-5-13)12-30-20(27)15-10-18(25)22(11-15)21-19(26)14-6-8-16(9-7-14)23(28)29/h1-9,15H,10-12H2,(H,21,26). The number of rotatable bonds is 7. The number of nitrogens with one attached hydrogen (secondary N) is 1. The van der Waals surface area contributed by atoms with E-state index in [2.05, 4.69) is 5.43 Å². The number of nitro benzene ring substituents is 1. The number of carbonyl (C=O) groups is 4. The molecule has 30 heavy (non-hydrogen) atoms. The van der Waals surface area contributed by atoms with Gasteiger partial charge in [0.25, 0.3) is 11.6 Å². The van der Waals surface area contributed by atoms with Crippen molar-refractivity contribution in [3.8, 4) is 0 Å². The Morgan fingerprint density at radius 1 is 1.07 bits per heavy atom. The molecule has 10 nitrogen and oxygen atoms in total. The van der Waals surface area contributed by atoms with Crippen molar-refractivity contribution in [1.29, 1.82) is 0 Å². The molecule has 2 aromatic rings. The number of hydrogen-bond acceptors (Lipinski definition) is 7. The summed E-state index contributed by atoms with van der Waals surface area (Å²) >= 11 is 0. The molecule has 0 aliphatic carbocycles. The SMILES string of the molecule is O=C(COC(=O)C1CC(=O)N(NC(=O)c2ccc([N+](=O)[O-])cc2)C1)c1ccccc1. The Morgan fingerprint density at radius 3 is 2.37 bits per heavy atom. The van der Waals surface area contributed by atoms with Gasteiger partial charge in [0, 0.05) is 29.7 Å². The van der Waals surface area contributed by atoms with Crippen LogP contribution in [0.1, 0.15) is 27.1 Å². The highest BCUT2D eigenvalue weighted by molar-refractivity contribution is 5.99. The summed E-state index contributed by atoms with van der Waals surface area (Å²) < 4.78 is 5.02. The molecular formula is C20H17N3O7. The lowest BCUT2D eigenvalue weighted by Crippen LogP contribution is -2.43. The fourth-order valence-electron chi connectivity index (χ4n) is 2.86. The molecule has 0 aromatic heterocycles. The van der Waals surface area contributed by atoms with Crippen LogP contribution in [0.4, 0.5) is 5.69 Å². The van der Waals surface area contributed by atoms with Gasteiger partial charge in [-0.15, -0.1) is 0 Å². The molecule has 1 aliphatic rings. The van der Waals surface area contributed by atoms with E-state index in [0.29, 0.717) is 5.56 Å². The number of ketones is 1. The van der Waals surface area contributed by atoms with E-state index in [1.54, 1.807) is 30.3 Å². The highest BCUT2D eigenvalue weighted by atomic mass is 16.6. The molecule has 1 N–H and O–H groups in total. The summed E-state index contributed by atoms with van der Waals surface area (Å²) in [5.74, 6) is -3.03. The number of hydrogen-bond donors (Lipinski definition) is 1. The largest absolute Gasteiger partial charge is 0.457 e. The first-order valence-corrected chi connectivity index (χ1v) is 8.96. The smallest absolute Gasteiger partial charge is 0.311 e. The number of non-ortho nitro benzene ring substituents is 1. The third-order valence-corrected chi connectivity index (χ3v) is 4.48. The maximum atomic E-state index is 12.2. The Morgan fingerprint density at radius 2 is 1.73 bits per heavy atom. The van der Waals surface area contributed by atoms with Crippen molar-refractivity contribution in [1.82, 2.24) is 10.4 Å². The van der Waals surface area contributed by atoms with Gasteiger partial charge >= 0.3 is 5.97 Å². The molecule has 10 heteroatoms. The average molecular weight is 411 g/mol. The minimum Gasteiger partial charge on any atom is -0.457 e. The van der Waals surface area contributed by atoms with E-state index >= 15 is 0 Å². The van der Waals surface area contributed by atoms with Crippen LogP contribution in [0.5, 0.6) is 0 Å². The van der Waals surface area contributed by atoms with Crippen LogP contribution < -0.4 is 5.43 Å². The Labute approximate surface area is 170 Å². The van der Waals surface area contributed by atoms with E-state index in [4.69, 9.17) is 4.74 Å². The van der Waals surface area contributed by atoms with Gasteiger partial charge in [-0.05, 0) is 12.1 Å². The Kier molecular flexibility index (Phi) is 6.16. The van der Waals surface area contributed by atoms with Crippen molar-refractivity contribution in [2.75, 3.05) is 13.2 Å². The van der Waals surface area contributed by atoms with Crippen LogP contribution in [0, 0.1) is 16.0 Å². The van der Waals surface area contributed by atoms with Crippen molar-refractivity contribution >= 4 is 29.3 Å². The van der Waals surface area contributed by atoms with E-state index in [1.807, 2.05) is 0 Å². The molecule has 154 valence electrons. The van der Waals surface area contributed by atoms with Crippen LogP contribution in [0.25, 0.3) is 0 Å². The van der Waals surface area contributed by atoms with Gasteiger partial charge in [0.15, 0.2) is 12.4 Å². The lowest BCUT2D eigenvalue weighted by Gasteiger charge is -2.17. The molecule has 0 spiro atoms. The molecule has 0 bridgehead atoms. The second kappa shape index (κ2) is 8.95. The average Bonchev–Trinajstić information content (AvgIpc) is 3.12. The lowest BCUT2D eigenvalue weighted by molar-refractivity contribution is -0.384. The highest BCUT2D eigenvalue weighted by Gasteiger charge is 2.36. The number of nitro groups is 1. The van der Waals surface area contributed by atoms with Crippen LogP contribution in [0.2, 0.25) is 0 Å². The second-order valence-electron chi connectivity index (χ2n) is 6.55. The molecule has 1 saturated heterocycles. The van der Waals surface area contributed by atoms with E-state index in [1.165, 1.54) is 24.3 Å². The van der Waals surface area contributed by atoms with Crippen LogP contribution in [-0.4, -0.2) is 46.7 Å². The van der Waals surface area contributed by atoms with Gasteiger partial charge in [0.1, 0.15) is 0 Å². The molecule has 2 amide bonds. The first kappa shape index (κ1) is 20.6. The van der Waals surface area contributed by atoms with Gasteiger partial charge < -0.3 is 4.74 Å². The monoisotopic (exact) mass is 411 g/mol. The van der Waals surface area contributed by atoms with E-state index in [0.717, 1.165) is 5.01 Å². The van der Waals surface area contributed by atoms with Crippen LogP contribution in [0.15, 0.2) is 54.6 Å². The first-order valence-electron chi connectivity index (χ1n) is 8.96. The van der Waals surface area contributed by atoms with Gasteiger partial charge in [0.05, 0.1) is 17.4 Å².